The number of aliphatic carboxylic acids is 1. The molecule has 7 heteroatoms. The summed E-state index contributed by atoms with van der Waals surface area (Å²) in [5.41, 5.74) is 6.35. The zero-order valence-electron chi connectivity index (χ0n) is 10.4. The molecule has 0 spiro atoms. The van der Waals surface area contributed by atoms with Gasteiger partial charge in [0.1, 0.15) is 13.1 Å². The summed E-state index contributed by atoms with van der Waals surface area (Å²) in [5.74, 6) is -2.00. The van der Waals surface area contributed by atoms with Crippen molar-refractivity contribution >= 4 is 23.6 Å². The summed E-state index contributed by atoms with van der Waals surface area (Å²) < 4.78 is 0. The fourth-order valence-electron chi connectivity index (χ4n) is 1.46. The maximum atomic E-state index is 11.9. The first-order chi connectivity index (χ1) is 8.90. The number of carboxylic acids is 1. The van der Waals surface area contributed by atoms with E-state index in [9.17, 15) is 14.4 Å². The number of hydrogen-bond acceptors (Lipinski definition) is 3. The molecule has 0 saturated heterocycles. The number of para-hydroxylation sites is 1. The highest BCUT2D eigenvalue weighted by Gasteiger charge is 2.19. The molecule has 1 rings (SSSR count). The first kappa shape index (κ1) is 14.5. The van der Waals surface area contributed by atoms with Crippen LogP contribution in [0.25, 0.3) is 0 Å². The van der Waals surface area contributed by atoms with E-state index in [0.717, 1.165) is 10.5 Å². The maximum absolute atomic E-state index is 11.9. The molecule has 1 aromatic carbocycles. The van der Waals surface area contributed by atoms with Gasteiger partial charge in [0.2, 0.25) is 5.91 Å². The largest absolute Gasteiger partial charge is 0.480 e. The van der Waals surface area contributed by atoms with Crippen LogP contribution in [0.1, 0.15) is 5.56 Å². The number of rotatable bonds is 5. The summed E-state index contributed by atoms with van der Waals surface area (Å²) in [6.45, 7) is 0.746. The number of nitrogens with zero attached hydrogens (tertiary/aromatic N) is 1. The molecule has 0 saturated carbocycles. The minimum atomic E-state index is -1.22. The Labute approximate surface area is 110 Å². The molecule has 0 aliphatic carbocycles. The van der Waals surface area contributed by atoms with E-state index in [1.165, 1.54) is 0 Å². The molecular formula is C12H15N3O4. The van der Waals surface area contributed by atoms with Gasteiger partial charge in [-0.15, -0.1) is 0 Å². The lowest BCUT2D eigenvalue weighted by Crippen LogP contribution is -2.43. The molecular weight excluding hydrogens is 250 g/mol. The van der Waals surface area contributed by atoms with Crippen LogP contribution in [0.3, 0.4) is 0 Å². The Kier molecular flexibility index (Phi) is 4.87. The normalized spacial score (nSPS) is 9.74. The molecule has 0 aliphatic heterocycles. The Morgan fingerprint density at radius 1 is 1.26 bits per heavy atom. The van der Waals surface area contributed by atoms with E-state index in [-0.39, 0.29) is 0 Å². The Balaban J connectivity index is 2.79. The smallest absolute Gasteiger partial charge is 0.323 e. The van der Waals surface area contributed by atoms with Crippen LogP contribution in [0.4, 0.5) is 10.5 Å². The van der Waals surface area contributed by atoms with Crippen LogP contribution in [0.5, 0.6) is 0 Å². The van der Waals surface area contributed by atoms with E-state index in [0.29, 0.717) is 5.69 Å². The number of amides is 3. The van der Waals surface area contributed by atoms with E-state index in [2.05, 4.69) is 5.32 Å². The van der Waals surface area contributed by atoms with Gasteiger partial charge < -0.3 is 21.1 Å². The first-order valence-electron chi connectivity index (χ1n) is 5.52. The number of nitrogens with one attached hydrogen (secondary N) is 1. The van der Waals surface area contributed by atoms with Gasteiger partial charge in [0.05, 0.1) is 0 Å². The molecule has 3 amide bonds. The number of urea groups is 1. The molecule has 0 aromatic heterocycles. The lowest BCUT2D eigenvalue weighted by atomic mass is 10.2. The van der Waals surface area contributed by atoms with Crippen molar-refractivity contribution in [2.24, 2.45) is 5.73 Å². The van der Waals surface area contributed by atoms with Crippen molar-refractivity contribution in [3.63, 3.8) is 0 Å². The summed E-state index contributed by atoms with van der Waals surface area (Å²) in [7, 11) is 0. The fraction of sp³-hybridized carbons (Fsp3) is 0.250. The van der Waals surface area contributed by atoms with Crippen LogP contribution in [-0.4, -0.2) is 41.0 Å². The van der Waals surface area contributed by atoms with Crippen molar-refractivity contribution in [3.05, 3.63) is 29.8 Å². The second-order valence-electron chi connectivity index (χ2n) is 3.96. The Hall–Kier alpha value is -2.57. The van der Waals surface area contributed by atoms with Crippen molar-refractivity contribution in [1.82, 2.24) is 4.90 Å². The van der Waals surface area contributed by atoms with Crippen LogP contribution < -0.4 is 11.1 Å². The fourth-order valence-corrected chi connectivity index (χ4v) is 1.46. The van der Waals surface area contributed by atoms with E-state index in [4.69, 9.17) is 10.8 Å². The molecule has 4 N–H and O–H groups in total. The number of primary amides is 1. The number of hydrogen-bond donors (Lipinski definition) is 3. The predicted molar refractivity (Wildman–Crippen MR) is 68.6 cm³/mol. The van der Waals surface area contributed by atoms with Gasteiger partial charge in [0, 0.05) is 5.69 Å². The van der Waals surface area contributed by atoms with Gasteiger partial charge in [0.15, 0.2) is 0 Å². The zero-order valence-corrected chi connectivity index (χ0v) is 10.4. The molecule has 0 heterocycles. The minimum absolute atomic E-state index is 0.454. The minimum Gasteiger partial charge on any atom is -0.480 e. The van der Waals surface area contributed by atoms with Crippen LogP contribution in [0.15, 0.2) is 24.3 Å². The zero-order chi connectivity index (χ0) is 14.4. The van der Waals surface area contributed by atoms with Crippen LogP contribution in [0.2, 0.25) is 0 Å². The quantitative estimate of drug-likeness (QED) is 0.715. The van der Waals surface area contributed by atoms with Gasteiger partial charge in [-0.1, -0.05) is 18.2 Å². The number of carbonyl (C=O) groups is 3. The summed E-state index contributed by atoms with van der Waals surface area (Å²) in [6, 6.07) is 6.33. The lowest BCUT2D eigenvalue weighted by molar-refractivity contribution is -0.137. The van der Waals surface area contributed by atoms with Gasteiger partial charge in [-0.05, 0) is 18.6 Å². The molecule has 0 fully saturated rings. The van der Waals surface area contributed by atoms with Gasteiger partial charge in [0.25, 0.3) is 0 Å². The second kappa shape index (κ2) is 6.39. The topological polar surface area (TPSA) is 113 Å². The first-order valence-corrected chi connectivity index (χ1v) is 5.52. The van der Waals surface area contributed by atoms with Crippen molar-refractivity contribution in [2.75, 3.05) is 18.4 Å². The molecule has 0 atom stereocenters. The molecule has 7 nitrogen and oxygen atoms in total. The predicted octanol–water partition coefficient (Wildman–Crippen LogP) is 0.399. The lowest BCUT2D eigenvalue weighted by Gasteiger charge is -2.20. The van der Waals surface area contributed by atoms with E-state index < -0.39 is 31.0 Å². The number of anilines is 1. The third kappa shape index (κ3) is 4.66. The monoisotopic (exact) mass is 265 g/mol. The summed E-state index contributed by atoms with van der Waals surface area (Å²) >= 11 is 0. The molecule has 1 aromatic rings. The number of benzene rings is 1. The highest BCUT2D eigenvalue weighted by molar-refractivity contribution is 5.94. The highest BCUT2D eigenvalue weighted by atomic mass is 16.4. The average molecular weight is 265 g/mol. The molecule has 0 bridgehead atoms. The number of aryl methyl sites for hydroxylation is 1. The van der Waals surface area contributed by atoms with E-state index in [1.807, 2.05) is 6.07 Å². The van der Waals surface area contributed by atoms with Crippen molar-refractivity contribution in [2.45, 2.75) is 6.92 Å². The molecule has 0 unspecified atom stereocenters. The van der Waals surface area contributed by atoms with E-state index >= 15 is 0 Å². The Morgan fingerprint density at radius 3 is 2.42 bits per heavy atom. The third-order valence-corrected chi connectivity index (χ3v) is 2.35. The van der Waals surface area contributed by atoms with Crippen LogP contribution in [0, 0.1) is 6.92 Å². The Morgan fingerprint density at radius 2 is 1.89 bits per heavy atom. The number of nitrogens with two attached hydrogens (primary N) is 1. The molecule has 102 valence electrons. The molecule has 0 aliphatic rings. The standard InChI is InChI=1S/C12H15N3O4/c1-8-4-2-3-5-9(8)14-12(19)15(6-10(13)16)7-11(17)18/h2-5H,6-7H2,1H3,(H2,13,16)(H,14,19)(H,17,18). The molecule has 19 heavy (non-hydrogen) atoms. The Bertz CT molecular complexity index is 486. The second-order valence-corrected chi connectivity index (χ2v) is 3.96. The van der Waals surface area contributed by atoms with Crippen molar-refractivity contribution in [1.29, 1.82) is 0 Å². The number of carboxylic acid groups (broad SMARTS) is 1. The van der Waals surface area contributed by atoms with Gasteiger partial charge in [-0.25, -0.2) is 4.79 Å². The van der Waals surface area contributed by atoms with Crippen molar-refractivity contribution in [3.8, 4) is 0 Å². The maximum Gasteiger partial charge on any atom is 0.323 e. The van der Waals surface area contributed by atoms with Gasteiger partial charge >= 0.3 is 12.0 Å². The van der Waals surface area contributed by atoms with E-state index in [1.54, 1.807) is 25.1 Å². The average Bonchev–Trinajstić information content (AvgIpc) is 2.30. The van der Waals surface area contributed by atoms with Gasteiger partial charge in [-0.3, -0.25) is 9.59 Å². The third-order valence-electron chi connectivity index (χ3n) is 2.35. The highest BCUT2D eigenvalue weighted by Crippen LogP contribution is 2.13. The SMILES string of the molecule is Cc1ccccc1NC(=O)N(CC(N)=O)CC(=O)O. The van der Waals surface area contributed by atoms with Crippen LogP contribution >= 0.6 is 0 Å². The van der Waals surface area contributed by atoms with Crippen molar-refractivity contribution < 1.29 is 19.5 Å². The summed E-state index contributed by atoms with van der Waals surface area (Å²) in [4.78, 5) is 34.2. The summed E-state index contributed by atoms with van der Waals surface area (Å²) in [6.07, 6.45) is 0. The van der Waals surface area contributed by atoms with Gasteiger partial charge in [-0.2, -0.15) is 0 Å². The van der Waals surface area contributed by atoms with Crippen LogP contribution in [-0.2, 0) is 9.59 Å². The number of carbonyl (C=O) groups excluding carboxylic acids is 2. The summed E-state index contributed by atoms with van der Waals surface area (Å²) in [5, 5.41) is 11.2. The molecule has 0 radical (unpaired) electrons.